The lowest BCUT2D eigenvalue weighted by Crippen LogP contribution is -2.00. The first-order valence-corrected chi connectivity index (χ1v) is 6.65. The minimum absolute atomic E-state index is 0.111. The van der Waals surface area contributed by atoms with Gasteiger partial charge in [0.15, 0.2) is 11.5 Å². The van der Waals surface area contributed by atoms with Crippen LogP contribution in [0.4, 0.5) is 5.95 Å². The molecular formula is C15H18N4O2. The summed E-state index contributed by atoms with van der Waals surface area (Å²) >= 11 is 0. The summed E-state index contributed by atoms with van der Waals surface area (Å²) in [4.78, 5) is 8.45. The molecule has 0 aliphatic heterocycles. The molecule has 1 aromatic heterocycles. The van der Waals surface area contributed by atoms with Crippen LogP contribution in [0.2, 0.25) is 0 Å². The molecule has 2 rings (SSSR count). The maximum absolute atomic E-state index is 9.63. The number of benzene rings is 1. The van der Waals surface area contributed by atoms with Crippen LogP contribution in [-0.2, 0) is 0 Å². The Balaban J connectivity index is 2.09. The van der Waals surface area contributed by atoms with E-state index in [1.165, 1.54) is 0 Å². The maximum atomic E-state index is 9.63. The topological polar surface area (TPSA) is 79.6 Å². The number of aromatic nitrogens is 2. The fraction of sp³-hybridized carbons (Fsp3) is 0.267. The highest BCUT2D eigenvalue weighted by atomic mass is 16.5. The Morgan fingerprint density at radius 2 is 1.95 bits per heavy atom. The molecule has 0 bridgehead atoms. The Kier molecular flexibility index (Phi) is 4.71. The Bertz CT molecular complexity index is 636. The lowest BCUT2D eigenvalue weighted by Gasteiger charge is -2.06. The number of rotatable bonds is 5. The van der Waals surface area contributed by atoms with E-state index in [1.54, 1.807) is 24.4 Å². The molecule has 2 aromatic rings. The minimum Gasteiger partial charge on any atom is -0.504 e. The van der Waals surface area contributed by atoms with Gasteiger partial charge in [-0.3, -0.25) is 0 Å². The monoisotopic (exact) mass is 286 g/mol. The van der Waals surface area contributed by atoms with Crippen molar-refractivity contribution in [3.63, 3.8) is 0 Å². The van der Waals surface area contributed by atoms with Crippen molar-refractivity contribution >= 4 is 12.2 Å². The predicted octanol–water partition coefficient (Wildman–Crippen LogP) is 2.64. The lowest BCUT2D eigenvalue weighted by atomic mass is 10.2. The molecule has 0 aliphatic carbocycles. The van der Waals surface area contributed by atoms with Gasteiger partial charge in [0.1, 0.15) is 0 Å². The molecule has 0 saturated heterocycles. The Morgan fingerprint density at radius 1 is 1.24 bits per heavy atom. The van der Waals surface area contributed by atoms with Crippen molar-refractivity contribution in [2.24, 2.45) is 5.10 Å². The second-order valence-electron chi connectivity index (χ2n) is 4.50. The molecule has 6 heteroatoms. The summed E-state index contributed by atoms with van der Waals surface area (Å²) in [6.45, 7) is 6.15. The number of phenols is 1. The molecule has 21 heavy (non-hydrogen) atoms. The van der Waals surface area contributed by atoms with E-state index in [1.807, 2.05) is 26.8 Å². The molecule has 0 unspecified atom stereocenters. The van der Waals surface area contributed by atoms with E-state index in [2.05, 4.69) is 20.5 Å². The van der Waals surface area contributed by atoms with Crippen molar-refractivity contribution in [2.45, 2.75) is 20.8 Å². The van der Waals surface area contributed by atoms with Crippen LogP contribution >= 0.6 is 0 Å². The Morgan fingerprint density at radius 3 is 2.62 bits per heavy atom. The Hall–Kier alpha value is -2.63. The van der Waals surface area contributed by atoms with Crippen LogP contribution in [0.3, 0.4) is 0 Å². The average molecular weight is 286 g/mol. The van der Waals surface area contributed by atoms with Crippen molar-refractivity contribution in [3.05, 3.63) is 41.2 Å². The molecule has 0 spiro atoms. The number of nitrogens with one attached hydrogen (secondary N) is 1. The number of hydrogen-bond donors (Lipinski definition) is 2. The first-order valence-electron chi connectivity index (χ1n) is 6.65. The van der Waals surface area contributed by atoms with Crippen molar-refractivity contribution < 1.29 is 9.84 Å². The van der Waals surface area contributed by atoms with Crippen LogP contribution in [0.15, 0.2) is 29.4 Å². The van der Waals surface area contributed by atoms with Gasteiger partial charge in [-0.25, -0.2) is 15.4 Å². The molecule has 0 aliphatic rings. The summed E-state index contributed by atoms with van der Waals surface area (Å²) in [6.07, 6.45) is 1.61. The van der Waals surface area contributed by atoms with Crippen LogP contribution in [0.5, 0.6) is 11.5 Å². The zero-order valence-electron chi connectivity index (χ0n) is 12.3. The number of hydrogen-bond acceptors (Lipinski definition) is 6. The Labute approximate surface area is 123 Å². The molecule has 110 valence electrons. The van der Waals surface area contributed by atoms with Gasteiger partial charge in [0.2, 0.25) is 5.95 Å². The molecule has 0 atom stereocenters. The first kappa shape index (κ1) is 14.8. The van der Waals surface area contributed by atoms with Gasteiger partial charge in [0.05, 0.1) is 12.8 Å². The average Bonchev–Trinajstić information content (AvgIpc) is 2.41. The molecule has 1 heterocycles. The van der Waals surface area contributed by atoms with E-state index in [4.69, 9.17) is 4.74 Å². The summed E-state index contributed by atoms with van der Waals surface area (Å²) in [5.74, 6) is 0.997. The number of ether oxygens (including phenoxy) is 1. The minimum atomic E-state index is 0.111. The van der Waals surface area contributed by atoms with E-state index < -0.39 is 0 Å². The van der Waals surface area contributed by atoms with E-state index in [9.17, 15) is 5.11 Å². The van der Waals surface area contributed by atoms with E-state index >= 15 is 0 Å². The third-order valence-electron chi connectivity index (χ3n) is 2.64. The molecule has 0 amide bonds. The summed E-state index contributed by atoms with van der Waals surface area (Å²) in [5, 5.41) is 13.7. The van der Waals surface area contributed by atoms with Crippen LogP contribution < -0.4 is 10.2 Å². The first-order chi connectivity index (χ1) is 10.1. The smallest absolute Gasteiger partial charge is 0.243 e. The summed E-state index contributed by atoms with van der Waals surface area (Å²) in [5.41, 5.74) is 5.34. The van der Waals surface area contributed by atoms with Crippen molar-refractivity contribution in [1.82, 2.24) is 9.97 Å². The van der Waals surface area contributed by atoms with Gasteiger partial charge in [-0.1, -0.05) is 0 Å². The number of nitrogens with zero attached hydrogens (tertiary/aromatic N) is 3. The van der Waals surface area contributed by atoms with Crippen LogP contribution in [-0.4, -0.2) is 27.9 Å². The number of aryl methyl sites for hydroxylation is 2. The van der Waals surface area contributed by atoms with Gasteiger partial charge >= 0.3 is 0 Å². The van der Waals surface area contributed by atoms with E-state index in [0.29, 0.717) is 18.3 Å². The summed E-state index contributed by atoms with van der Waals surface area (Å²) in [6, 6.07) is 6.92. The molecule has 0 saturated carbocycles. The number of anilines is 1. The fourth-order valence-electron chi connectivity index (χ4n) is 1.82. The van der Waals surface area contributed by atoms with Crippen LogP contribution in [0.25, 0.3) is 0 Å². The highest BCUT2D eigenvalue weighted by Gasteiger charge is 2.02. The largest absolute Gasteiger partial charge is 0.504 e. The van der Waals surface area contributed by atoms with Crippen LogP contribution in [0.1, 0.15) is 23.9 Å². The zero-order valence-corrected chi connectivity index (χ0v) is 12.3. The van der Waals surface area contributed by atoms with Gasteiger partial charge in [-0.2, -0.15) is 5.10 Å². The second-order valence-corrected chi connectivity index (χ2v) is 4.50. The van der Waals surface area contributed by atoms with Crippen LogP contribution in [0, 0.1) is 13.8 Å². The SMILES string of the molecule is CCOc1cc(/C=N\Nc2nc(C)cc(C)n2)ccc1O. The highest BCUT2D eigenvalue weighted by molar-refractivity contribution is 5.81. The van der Waals surface area contributed by atoms with Crippen molar-refractivity contribution in [1.29, 1.82) is 0 Å². The van der Waals surface area contributed by atoms with Gasteiger partial charge < -0.3 is 9.84 Å². The molecular weight excluding hydrogens is 268 g/mol. The van der Waals surface area contributed by atoms with Gasteiger partial charge in [0, 0.05) is 11.4 Å². The zero-order chi connectivity index (χ0) is 15.2. The second kappa shape index (κ2) is 6.69. The van der Waals surface area contributed by atoms with Crippen molar-refractivity contribution in [2.75, 3.05) is 12.0 Å². The molecule has 0 radical (unpaired) electrons. The molecule has 6 nitrogen and oxygen atoms in total. The molecule has 1 aromatic carbocycles. The normalized spacial score (nSPS) is 10.8. The third kappa shape index (κ3) is 4.17. The fourth-order valence-corrected chi connectivity index (χ4v) is 1.82. The maximum Gasteiger partial charge on any atom is 0.243 e. The van der Waals surface area contributed by atoms with Gasteiger partial charge in [0.25, 0.3) is 0 Å². The summed E-state index contributed by atoms with van der Waals surface area (Å²) in [7, 11) is 0. The third-order valence-corrected chi connectivity index (χ3v) is 2.64. The lowest BCUT2D eigenvalue weighted by molar-refractivity contribution is 0.318. The standard InChI is InChI=1S/C15H18N4O2/c1-4-21-14-8-12(5-6-13(14)20)9-16-19-15-17-10(2)7-11(3)18-15/h5-9,20H,4H2,1-3H3,(H,17,18,19)/b16-9-. The molecule has 0 fully saturated rings. The van der Waals surface area contributed by atoms with E-state index in [0.717, 1.165) is 17.0 Å². The van der Waals surface area contributed by atoms with Gasteiger partial charge in [-0.05, 0) is 50.6 Å². The molecule has 2 N–H and O–H groups in total. The number of phenolic OH excluding ortho intramolecular Hbond substituents is 1. The predicted molar refractivity (Wildman–Crippen MR) is 82.0 cm³/mol. The summed E-state index contributed by atoms with van der Waals surface area (Å²) < 4.78 is 5.32. The van der Waals surface area contributed by atoms with Crippen molar-refractivity contribution in [3.8, 4) is 11.5 Å². The number of hydrazone groups is 1. The quantitative estimate of drug-likeness (QED) is 0.652. The number of aromatic hydroxyl groups is 1. The van der Waals surface area contributed by atoms with Gasteiger partial charge in [-0.15, -0.1) is 0 Å². The van der Waals surface area contributed by atoms with E-state index in [-0.39, 0.29) is 5.75 Å². The highest BCUT2D eigenvalue weighted by Crippen LogP contribution is 2.26.